The van der Waals surface area contributed by atoms with Gasteiger partial charge in [0, 0.05) is 6.54 Å². The molecule has 0 rings (SSSR count). The van der Waals surface area contributed by atoms with Crippen molar-refractivity contribution in [1.29, 1.82) is 0 Å². The summed E-state index contributed by atoms with van der Waals surface area (Å²) in [5.74, 6) is -0.508. The number of amides is 2. The van der Waals surface area contributed by atoms with Gasteiger partial charge < -0.3 is 21.5 Å². The molecule has 0 aromatic carbocycles. The van der Waals surface area contributed by atoms with Crippen molar-refractivity contribution in [2.75, 3.05) is 19.6 Å². The molecule has 0 aromatic heterocycles. The van der Waals surface area contributed by atoms with Crippen LogP contribution >= 0.6 is 12.4 Å². The second-order valence-electron chi connectivity index (χ2n) is 3.93. The molecule has 0 aromatic rings. The first-order valence-corrected chi connectivity index (χ1v) is 5.96. The molecule has 2 amide bonds. The maximum atomic E-state index is 11.3. The number of nitrogens with one attached hydrogen (secondary N) is 2. The molecule has 0 saturated heterocycles. The Morgan fingerprint density at radius 2 is 1.72 bits per heavy atom. The number of nitrogens with two attached hydrogens (primary N) is 1. The highest BCUT2D eigenvalue weighted by atomic mass is 35.5. The Balaban J connectivity index is 0. The fourth-order valence-electron chi connectivity index (χ4n) is 1.53. The first-order valence-electron chi connectivity index (χ1n) is 5.96. The van der Waals surface area contributed by atoms with E-state index in [1.807, 2.05) is 13.8 Å². The number of hydrogen-bond donors (Lipinski definition) is 4. The third-order valence-corrected chi connectivity index (χ3v) is 2.73. The number of rotatable bonds is 8. The van der Waals surface area contributed by atoms with Crippen LogP contribution in [-0.2, 0) is 9.59 Å². The Bertz CT molecular complexity index is 248. The smallest absolute Gasteiger partial charge is 0.239 e. The van der Waals surface area contributed by atoms with Gasteiger partial charge in [0.1, 0.15) is 0 Å². The van der Waals surface area contributed by atoms with Crippen LogP contribution in [0.5, 0.6) is 0 Å². The molecule has 0 aliphatic carbocycles. The van der Waals surface area contributed by atoms with Crippen molar-refractivity contribution in [2.45, 2.75) is 32.8 Å². The van der Waals surface area contributed by atoms with Crippen LogP contribution in [0.25, 0.3) is 0 Å². The molecule has 0 radical (unpaired) electrons. The lowest BCUT2D eigenvalue weighted by molar-refractivity contribution is -0.125. The normalized spacial score (nSPS) is 11.6. The van der Waals surface area contributed by atoms with Crippen LogP contribution < -0.4 is 16.4 Å². The molecule has 1 atom stereocenters. The molecule has 0 fully saturated rings. The quantitative estimate of drug-likeness (QED) is 0.477. The van der Waals surface area contributed by atoms with E-state index in [0.717, 1.165) is 12.8 Å². The summed E-state index contributed by atoms with van der Waals surface area (Å²) in [6.07, 6.45) is 1.20. The molecule has 7 heteroatoms. The van der Waals surface area contributed by atoms with Crippen molar-refractivity contribution in [3.05, 3.63) is 0 Å². The maximum absolute atomic E-state index is 11.3. The zero-order valence-corrected chi connectivity index (χ0v) is 11.8. The highest BCUT2D eigenvalue weighted by molar-refractivity contribution is 5.85. The molecule has 18 heavy (non-hydrogen) atoms. The van der Waals surface area contributed by atoms with Gasteiger partial charge in [-0.25, -0.2) is 0 Å². The van der Waals surface area contributed by atoms with E-state index in [4.69, 9.17) is 5.73 Å². The maximum Gasteiger partial charge on any atom is 0.239 e. The monoisotopic (exact) mass is 281 g/mol. The number of halogens is 1. The SMILES string of the molecule is CCC(CC)C(O)CNC(=O)CNC(=O)CN.Cl. The summed E-state index contributed by atoms with van der Waals surface area (Å²) in [6, 6.07) is 0. The van der Waals surface area contributed by atoms with Crippen molar-refractivity contribution in [3.63, 3.8) is 0 Å². The van der Waals surface area contributed by atoms with Crippen LogP contribution in [0, 0.1) is 5.92 Å². The van der Waals surface area contributed by atoms with E-state index in [-0.39, 0.29) is 49.8 Å². The first-order chi connectivity index (χ1) is 8.04. The third kappa shape index (κ3) is 8.27. The molecule has 0 aliphatic rings. The summed E-state index contributed by atoms with van der Waals surface area (Å²) in [7, 11) is 0. The number of carbonyl (C=O) groups is 2. The van der Waals surface area contributed by atoms with Crippen LogP contribution in [0.1, 0.15) is 26.7 Å². The highest BCUT2D eigenvalue weighted by Gasteiger charge is 2.16. The molecule has 0 heterocycles. The third-order valence-electron chi connectivity index (χ3n) is 2.73. The van der Waals surface area contributed by atoms with Crippen LogP contribution in [-0.4, -0.2) is 42.7 Å². The number of aliphatic hydroxyl groups excluding tert-OH is 1. The van der Waals surface area contributed by atoms with Gasteiger partial charge in [-0.15, -0.1) is 12.4 Å². The molecule has 108 valence electrons. The fourth-order valence-corrected chi connectivity index (χ4v) is 1.53. The molecule has 0 aliphatic heterocycles. The molecule has 1 unspecified atom stereocenters. The lowest BCUT2D eigenvalue weighted by atomic mass is 9.96. The zero-order chi connectivity index (χ0) is 13.3. The van der Waals surface area contributed by atoms with E-state index in [2.05, 4.69) is 10.6 Å². The Labute approximate surface area is 114 Å². The van der Waals surface area contributed by atoms with E-state index >= 15 is 0 Å². The summed E-state index contributed by atoms with van der Waals surface area (Å²) >= 11 is 0. The van der Waals surface area contributed by atoms with Gasteiger partial charge in [0.15, 0.2) is 0 Å². The molecule has 0 bridgehead atoms. The molecular weight excluding hydrogens is 258 g/mol. The zero-order valence-electron chi connectivity index (χ0n) is 10.9. The van der Waals surface area contributed by atoms with Crippen LogP contribution in [0.15, 0.2) is 0 Å². The summed E-state index contributed by atoms with van der Waals surface area (Å²) in [6.45, 7) is 3.97. The van der Waals surface area contributed by atoms with Gasteiger partial charge >= 0.3 is 0 Å². The van der Waals surface area contributed by atoms with Gasteiger partial charge in [-0.1, -0.05) is 26.7 Å². The topological polar surface area (TPSA) is 104 Å². The Hall–Kier alpha value is -0.850. The Morgan fingerprint density at radius 3 is 2.17 bits per heavy atom. The standard InChI is InChI=1S/C11H23N3O3.ClH/c1-3-8(4-2)9(15)6-13-11(17)7-14-10(16)5-12;/h8-9,15H,3-7,12H2,1-2H3,(H,13,17)(H,14,16);1H. The number of hydrogen-bond acceptors (Lipinski definition) is 4. The summed E-state index contributed by atoms with van der Waals surface area (Å²) < 4.78 is 0. The molecular formula is C11H24ClN3O3. The predicted molar refractivity (Wildman–Crippen MR) is 72.4 cm³/mol. The van der Waals surface area contributed by atoms with Gasteiger partial charge in [0.25, 0.3) is 0 Å². The molecule has 6 nitrogen and oxygen atoms in total. The van der Waals surface area contributed by atoms with Gasteiger partial charge in [0.2, 0.25) is 11.8 Å². The molecule has 5 N–H and O–H groups in total. The first kappa shape index (κ1) is 19.5. The van der Waals surface area contributed by atoms with Crippen molar-refractivity contribution in [3.8, 4) is 0 Å². The van der Waals surface area contributed by atoms with Crippen LogP contribution in [0.3, 0.4) is 0 Å². The summed E-state index contributed by atoms with van der Waals surface area (Å²) in [5, 5.41) is 14.7. The van der Waals surface area contributed by atoms with Gasteiger partial charge in [-0.3, -0.25) is 9.59 Å². The molecule has 0 saturated carbocycles. The molecule has 0 spiro atoms. The van der Waals surface area contributed by atoms with E-state index in [0.29, 0.717) is 0 Å². The van der Waals surface area contributed by atoms with Crippen molar-refractivity contribution < 1.29 is 14.7 Å². The summed E-state index contributed by atoms with van der Waals surface area (Å²) in [4.78, 5) is 22.1. The van der Waals surface area contributed by atoms with E-state index in [9.17, 15) is 14.7 Å². The fraction of sp³-hybridized carbons (Fsp3) is 0.818. The second-order valence-corrected chi connectivity index (χ2v) is 3.93. The van der Waals surface area contributed by atoms with Crippen molar-refractivity contribution >= 4 is 24.2 Å². The lowest BCUT2D eigenvalue weighted by Crippen LogP contribution is -2.42. The highest BCUT2D eigenvalue weighted by Crippen LogP contribution is 2.11. The largest absolute Gasteiger partial charge is 0.391 e. The van der Waals surface area contributed by atoms with Crippen molar-refractivity contribution in [2.24, 2.45) is 11.7 Å². The summed E-state index contributed by atoms with van der Waals surface area (Å²) in [5.41, 5.74) is 5.07. The lowest BCUT2D eigenvalue weighted by Gasteiger charge is -2.20. The minimum atomic E-state index is -0.542. The van der Waals surface area contributed by atoms with Gasteiger partial charge in [0.05, 0.1) is 19.2 Å². The average molecular weight is 282 g/mol. The van der Waals surface area contributed by atoms with Gasteiger partial charge in [-0.05, 0) is 5.92 Å². The number of carbonyl (C=O) groups excluding carboxylic acids is 2. The van der Waals surface area contributed by atoms with Crippen LogP contribution in [0.2, 0.25) is 0 Å². The minimum Gasteiger partial charge on any atom is -0.391 e. The average Bonchev–Trinajstić information content (AvgIpc) is 2.34. The van der Waals surface area contributed by atoms with E-state index in [1.54, 1.807) is 0 Å². The number of aliphatic hydroxyl groups is 1. The van der Waals surface area contributed by atoms with Gasteiger partial charge in [-0.2, -0.15) is 0 Å². The van der Waals surface area contributed by atoms with Crippen LogP contribution in [0.4, 0.5) is 0 Å². The van der Waals surface area contributed by atoms with Crippen molar-refractivity contribution in [1.82, 2.24) is 10.6 Å². The Kier molecular flexibility index (Phi) is 12.2. The van der Waals surface area contributed by atoms with E-state index < -0.39 is 6.10 Å². The van der Waals surface area contributed by atoms with E-state index in [1.165, 1.54) is 0 Å². The second kappa shape index (κ2) is 11.3. The Morgan fingerprint density at radius 1 is 1.17 bits per heavy atom. The predicted octanol–water partition coefficient (Wildman–Crippen LogP) is -0.604. The minimum absolute atomic E-state index is 0.